The predicted molar refractivity (Wildman–Crippen MR) is 100 cm³/mol. The van der Waals surface area contributed by atoms with Crippen molar-refractivity contribution in [2.45, 2.75) is 19.5 Å². The lowest BCUT2D eigenvalue weighted by Gasteiger charge is -2.20. The zero-order valence-corrected chi connectivity index (χ0v) is 15.2. The van der Waals surface area contributed by atoms with Crippen LogP contribution in [0.1, 0.15) is 16.2 Å². The van der Waals surface area contributed by atoms with Gasteiger partial charge in [-0.25, -0.2) is 4.39 Å². The molecule has 0 fully saturated rings. The summed E-state index contributed by atoms with van der Waals surface area (Å²) >= 11 is 1.67. The van der Waals surface area contributed by atoms with Crippen molar-refractivity contribution in [3.63, 3.8) is 0 Å². The number of thiophene rings is 1. The first-order valence-electron chi connectivity index (χ1n) is 8.47. The summed E-state index contributed by atoms with van der Waals surface area (Å²) in [6, 6.07) is 14.2. The summed E-state index contributed by atoms with van der Waals surface area (Å²) in [6.45, 7) is 2.10. The molecule has 1 N–H and O–H groups in total. The van der Waals surface area contributed by atoms with Crippen LogP contribution >= 0.6 is 11.3 Å². The van der Waals surface area contributed by atoms with Crippen molar-refractivity contribution < 1.29 is 13.6 Å². The lowest BCUT2D eigenvalue weighted by Crippen LogP contribution is -2.37. The first-order chi connectivity index (χ1) is 12.7. The van der Waals surface area contributed by atoms with Gasteiger partial charge in [0.25, 0.3) is 0 Å². The molecule has 26 heavy (non-hydrogen) atoms. The molecule has 0 radical (unpaired) electrons. The number of furan rings is 1. The van der Waals surface area contributed by atoms with E-state index in [1.807, 2.05) is 23.6 Å². The van der Waals surface area contributed by atoms with E-state index in [0.29, 0.717) is 32.6 Å². The second-order valence-corrected chi connectivity index (χ2v) is 7.06. The first-order valence-corrected chi connectivity index (χ1v) is 9.35. The maximum absolute atomic E-state index is 12.9. The molecule has 136 valence electrons. The van der Waals surface area contributed by atoms with Crippen molar-refractivity contribution in [1.82, 2.24) is 10.2 Å². The number of amides is 1. The van der Waals surface area contributed by atoms with E-state index in [-0.39, 0.29) is 11.7 Å². The zero-order chi connectivity index (χ0) is 18.2. The van der Waals surface area contributed by atoms with Crippen molar-refractivity contribution >= 4 is 17.2 Å². The molecule has 1 aromatic carbocycles. The lowest BCUT2D eigenvalue weighted by atomic mass is 10.1. The molecule has 0 spiro atoms. The van der Waals surface area contributed by atoms with Gasteiger partial charge in [0.05, 0.1) is 19.4 Å². The molecule has 2 aromatic heterocycles. The maximum Gasteiger partial charge on any atom is 0.234 e. The summed E-state index contributed by atoms with van der Waals surface area (Å²) < 4.78 is 18.3. The minimum atomic E-state index is -0.250. The van der Waals surface area contributed by atoms with E-state index in [1.54, 1.807) is 29.7 Å². The van der Waals surface area contributed by atoms with Crippen LogP contribution in [0.2, 0.25) is 0 Å². The van der Waals surface area contributed by atoms with Crippen molar-refractivity contribution in [2.24, 2.45) is 0 Å². The number of carbonyl (C=O) groups excluding carboxylic acids is 1. The van der Waals surface area contributed by atoms with Gasteiger partial charge >= 0.3 is 0 Å². The fourth-order valence-corrected chi connectivity index (χ4v) is 3.42. The Balaban J connectivity index is 1.50. The van der Waals surface area contributed by atoms with Crippen LogP contribution in [0.25, 0.3) is 0 Å². The number of halogens is 1. The van der Waals surface area contributed by atoms with E-state index >= 15 is 0 Å². The second kappa shape index (κ2) is 9.31. The van der Waals surface area contributed by atoms with Gasteiger partial charge in [0, 0.05) is 18.0 Å². The van der Waals surface area contributed by atoms with Crippen molar-refractivity contribution in [3.8, 4) is 0 Å². The highest BCUT2D eigenvalue weighted by atomic mass is 32.1. The van der Waals surface area contributed by atoms with Gasteiger partial charge in [-0.2, -0.15) is 0 Å². The van der Waals surface area contributed by atoms with E-state index in [2.05, 4.69) is 16.3 Å². The van der Waals surface area contributed by atoms with Crippen LogP contribution in [0.4, 0.5) is 4.39 Å². The van der Waals surface area contributed by atoms with Crippen LogP contribution < -0.4 is 5.32 Å². The Morgan fingerprint density at radius 2 is 1.96 bits per heavy atom. The van der Waals surface area contributed by atoms with Gasteiger partial charge in [0.2, 0.25) is 5.91 Å². The number of carbonyl (C=O) groups is 1. The van der Waals surface area contributed by atoms with E-state index < -0.39 is 0 Å². The number of nitrogens with zero attached hydrogens (tertiary/aromatic N) is 1. The summed E-state index contributed by atoms with van der Waals surface area (Å²) in [5.74, 6) is 0.552. The molecule has 4 nitrogen and oxygen atoms in total. The summed E-state index contributed by atoms with van der Waals surface area (Å²) in [6.07, 6.45) is 2.32. The summed E-state index contributed by atoms with van der Waals surface area (Å²) in [5.41, 5.74) is 0.998. The molecule has 0 aliphatic carbocycles. The van der Waals surface area contributed by atoms with Crippen LogP contribution in [0.5, 0.6) is 0 Å². The van der Waals surface area contributed by atoms with E-state index in [0.717, 1.165) is 11.3 Å². The number of rotatable bonds is 9. The Labute approximate surface area is 156 Å². The van der Waals surface area contributed by atoms with Crippen LogP contribution in [0, 0.1) is 5.82 Å². The predicted octanol–water partition coefficient (Wildman–Crippen LogP) is 3.84. The fraction of sp³-hybridized carbons (Fsp3) is 0.250. The Kier molecular flexibility index (Phi) is 6.57. The normalized spacial score (nSPS) is 11.0. The van der Waals surface area contributed by atoms with Crippen LogP contribution in [-0.4, -0.2) is 23.9 Å². The highest BCUT2D eigenvalue weighted by molar-refractivity contribution is 7.09. The zero-order valence-electron chi connectivity index (χ0n) is 14.4. The average molecular weight is 372 g/mol. The molecule has 3 rings (SSSR count). The molecular formula is C20H21FN2O2S. The third kappa shape index (κ3) is 5.82. The van der Waals surface area contributed by atoms with Crippen molar-refractivity contribution in [3.05, 3.63) is 82.2 Å². The third-order valence-electron chi connectivity index (χ3n) is 3.94. The van der Waals surface area contributed by atoms with E-state index in [9.17, 15) is 9.18 Å². The van der Waals surface area contributed by atoms with E-state index in [4.69, 9.17) is 4.42 Å². The van der Waals surface area contributed by atoms with Gasteiger partial charge in [-0.3, -0.25) is 9.69 Å². The molecule has 0 atom stereocenters. The summed E-state index contributed by atoms with van der Waals surface area (Å²) in [7, 11) is 0. The Morgan fingerprint density at radius 3 is 2.65 bits per heavy atom. The Bertz CT molecular complexity index is 750. The highest BCUT2D eigenvalue weighted by Crippen LogP contribution is 2.14. The molecule has 0 aliphatic rings. The Hall–Kier alpha value is -2.44. The molecule has 2 heterocycles. The average Bonchev–Trinajstić information content (AvgIpc) is 3.31. The number of hydrogen-bond acceptors (Lipinski definition) is 4. The van der Waals surface area contributed by atoms with E-state index in [1.165, 1.54) is 17.0 Å². The molecular weight excluding hydrogens is 351 g/mol. The third-order valence-corrected chi connectivity index (χ3v) is 4.80. The lowest BCUT2D eigenvalue weighted by molar-refractivity contribution is -0.122. The topological polar surface area (TPSA) is 45.5 Å². The molecule has 6 heteroatoms. The number of hydrogen-bond donors (Lipinski definition) is 1. The molecule has 0 saturated heterocycles. The van der Waals surface area contributed by atoms with Gasteiger partial charge in [0.1, 0.15) is 11.6 Å². The van der Waals surface area contributed by atoms with Gasteiger partial charge < -0.3 is 9.73 Å². The molecule has 0 unspecified atom stereocenters. The van der Waals surface area contributed by atoms with Gasteiger partial charge in [-0.15, -0.1) is 11.3 Å². The van der Waals surface area contributed by atoms with Crippen LogP contribution in [0.3, 0.4) is 0 Å². The molecule has 0 bridgehead atoms. The summed E-state index contributed by atoms with van der Waals surface area (Å²) in [5, 5.41) is 4.96. The van der Waals surface area contributed by atoms with Crippen molar-refractivity contribution in [1.29, 1.82) is 0 Å². The summed E-state index contributed by atoms with van der Waals surface area (Å²) in [4.78, 5) is 15.6. The van der Waals surface area contributed by atoms with Crippen molar-refractivity contribution in [2.75, 3.05) is 13.1 Å². The number of benzene rings is 1. The Morgan fingerprint density at radius 1 is 1.12 bits per heavy atom. The monoisotopic (exact) mass is 372 g/mol. The van der Waals surface area contributed by atoms with Gasteiger partial charge in [-0.05, 0) is 47.7 Å². The fourth-order valence-electron chi connectivity index (χ4n) is 2.67. The largest absolute Gasteiger partial charge is 0.468 e. The van der Waals surface area contributed by atoms with Crippen LogP contribution in [0.15, 0.2) is 64.6 Å². The maximum atomic E-state index is 12.9. The molecule has 3 aromatic rings. The first kappa shape index (κ1) is 18.4. The van der Waals surface area contributed by atoms with Gasteiger partial charge in [-0.1, -0.05) is 18.2 Å². The molecule has 0 aliphatic heterocycles. The van der Waals surface area contributed by atoms with Gasteiger partial charge in [0.15, 0.2) is 0 Å². The molecule has 1 amide bonds. The smallest absolute Gasteiger partial charge is 0.234 e. The molecule has 0 saturated carbocycles. The second-order valence-electron chi connectivity index (χ2n) is 6.03. The number of nitrogens with one attached hydrogen (secondary N) is 1. The SMILES string of the molecule is O=C(CN(Cc1ccco1)Cc1cccs1)NCCc1ccc(F)cc1. The highest BCUT2D eigenvalue weighted by Gasteiger charge is 2.14. The van der Waals surface area contributed by atoms with Crippen LogP contribution in [-0.2, 0) is 24.3 Å². The quantitative estimate of drug-likeness (QED) is 0.621. The minimum absolute atomic E-state index is 0.0322. The standard InChI is InChI=1S/C20H21FN2O2S/c21-17-7-5-16(6-8-17)9-10-22-20(24)15-23(13-18-3-1-11-25-18)14-19-4-2-12-26-19/h1-8,11-12H,9-10,13-15H2,(H,22,24). The minimum Gasteiger partial charge on any atom is -0.468 e.